The molecule has 0 aromatic heterocycles. The van der Waals surface area contributed by atoms with E-state index in [1.807, 2.05) is 0 Å². The van der Waals surface area contributed by atoms with Crippen molar-refractivity contribution < 1.29 is 17.9 Å². The van der Waals surface area contributed by atoms with Crippen LogP contribution in [0.25, 0.3) is 0 Å². The zero-order valence-corrected chi connectivity index (χ0v) is 16.0. The second-order valence-corrected chi connectivity index (χ2v) is 7.78. The molecule has 0 saturated heterocycles. The minimum Gasteiger partial charge on any atom is -0.421 e. The van der Waals surface area contributed by atoms with Gasteiger partial charge in [0.05, 0.1) is 15.5 Å². The zero-order chi connectivity index (χ0) is 18.6. The maximum Gasteiger partial charge on any atom is 0.343 e. The number of esters is 1. The number of carbonyl (C=O) groups excluding carboxylic acids is 1. The molecule has 0 aliphatic heterocycles. The van der Waals surface area contributed by atoms with E-state index in [1.165, 1.54) is 34.6 Å². The van der Waals surface area contributed by atoms with Gasteiger partial charge in [-0.2, -0.15) is 4.31 Å². The summed E-state index contributed by atoms with van der Waals surface area (Å²) in [6.45, 7) is 4.27. The van der Waals surface area contributed by atoms with E-state index in [0.29, 0.717) is 13.1 Å². The van der Waals surface area contributed by atoms with Gasteiger partial charge in [-0.05, 0) is 36.4 Å². The summed E-state index contributed by atoms with van der Waals surface area (Å²) in [6, 6.07) is 10.3. The number of carbonyl (C=O) groups is 1. The smallest absolute Gasteiger partial charge is 0.343 e. The molecular formula is C17H17Cl2NO4S. The lowest BCUT2D eigenvalue weighted by Gasteiger charge is -2.18. The first-order chi connectivity index (χ1) is 11.8. The maximum atomic E-state index is 12.4. The lowest BCUT2D eigenvalue weighted by atomic mass is 10.2. The van der Waals surface area contributed by atoms with E-state index < -0.39 is 16.0 Å². The maximum absolute atomic E-state index is 12.4. The fourth-order valence-electron chi connectivity index (χ4n) is 2.20. The number of nitrogens with zero attached hydrogens (tertiary/aromatic N) is 1. The fraction of sp³-hybridized carbons (Fsp3) is 0.235. The molecule has 0 bridgehead atoms. The Morgan fingerprint density at radius 2 is 1.64 bits per heavy atom. The van der Waals surface area contributed by atoms with Crippen LogP contribution in [0.4, 0.5) is 0 Å². The number of hydrogen-bond acceptors (Lipinski definition) is 4. The predicted molar refractivity (Wildman–Crippen MR) is 98.0 cm³/mol. The Balaban J connectivity index is 2.22. The zero-order valence-electron chi connectivity index (χ0n) is 13.7. The van der Waals surface area contributed by atoms with Gasteiger partial charge in [0.2, 0.25) is 10.0 Å². The van der Waals surface area contributed by atoms with E-state index in [4.69, 9.17) is 27.9 Å². The molecule has 0 atom stereocenters. The number of halogens is 2. The van der Waals surface area contributed by atoms with Gasteiger partial charge < -0.3 is 4.74 Å². The molecule has 2 rings (SSSR count). The standard InChI is InChI=1S/C17H17Cl2NO4S/c1-3-20(4-2)25(22,23)13-10-8-12(9-11-13)17(21)24-15-7-5-6-14(18)16(15)19/h5-11H,3-4H2,1-2H3. The minimum absolute atomic E-state index is 0.119. The second-order valence-electron chi connectivity index (χ2n) is 5.06. The molecule has 134 valence electrons. The van der Waals surface area contributed by atoms with Crippen LogP contribution in [-0.2, 0) is 10.0 Å². The van der Waals surface area contributed by atoms with Gasteiger partial charge in [-0.3, -0.25) is 0 Å². The Hall–Kier alpha value is -1.60. The lowest BCUT2D eigenvalue weighted by molar-refractivity contribution is 0.0735. The molecule has 0 unspecified atom stereocenters. The SMILES string of the molecule is CCN(CC)S(=O)(=O)c1ccc(C(=O)Oc2cccc(Cl)c2Cl)cc1. The van der Waals surface area contributed by atoms with Crippen molar-refractivity contribution in [2.75, 3.05) is 13.1 Å². The van der Waals surface area contributed by atoms with Crippen molar-refractivity contribution in [1.82, 2.24) is 4.31 Å². The van der Waals surface area contributed by atoms with E-state index in [2.05, 4.69) is 0 Å². The highest BCUT2D eigenvalue weighted by Crippen LogP contribution is 2.32. The number of benzene rings is 2. The van der Waals surface area contributed by atoms with Gasteiger partial charge in [0.25, 0.3) is 0 Å². The second kappa shape index (κ2) is 8.19. The van der Waals surface area contributed by atoms with E-state index in [1.54, 1.807) is 26.0 Å². The molecule has 8 heteroatoms. The topological polar surface area (TPSA) is 63.7 Å². The first-order valence-electron chi connectivity index (χ1n) is 7.57. The predicted octanol–water partition coefficient (Wildman–Crippen LogP) is 4.24. The molecule has 25 heavy (non-hydrogen) atoms. The van der Waals surface area contributed by atoms with Gasteiger partial charge in [-0.1, -0.05) is 43.1 Å². The Kier molecular flexibility index (Phi) is 6.46. The van der Waals surface area contributed by atoms with E-state index in [-0.39, 0.29) is 26.3 Å². The molecule has 0 N–H and O–H groups in total. The van der Waals surface area contributed by atoms with E-state index >= 15 is 0 Å². The van der Waals surface area contributed by atoms with Crippen molar-refractivity contribution in [2.24, 2.45) is 0 Å². The van der Waals surface area contributed by atoms with Crippen LogP contribution < -0.4 is 4.74 Å². The molecule has 0 heterocycles. The van der Waals surface area contributed by atoms with Gasteiger partial charge in [0.1, 0.15) is 5.02 Å². The Morgan fingerprint density at radius 3 is 2.20 bits per heavy atom. The van der Waals surface area contributed by atoms with Gasteiger partial charge >= 0.3 is 5.97 Å². The average Bonchev–Trinajstić information content (AvgIpc) is 2.60. The van der Waals surface area contributed by atoms with Crippen LogP contribution in [0.1, 0.15) is 24.2 Å². The number of sulfonamides is 1. The molecule has 0 radical (unpaired) electrons. The molecule has 0 aliphatic rings. The third-order valence-electron chi connectivity index (χ3n) is 3.55. The number of rotatable bonds is 6. The van der Waals surface area contributed by atoms with Crippen LogP contribution >= 0.6 is 23.2 Å². The van der Waals surface area contributed by atoms with Crippen LogP contribution in [0, 0.1) is 0 Å². The van der Waals surface area contributed by atoms with Gasteiger partial charge in [-0.15, -0.1) is 0 Å². The highest BCUT2D eigenvalue weighted by atomic mass is 35.5. The molecule has 5 nitrogen and oxygen atoms in total. The van der Waals surface area contributed by atoms with Crippen molar-refractivity contribution >= 4 is 39.2 Å². The summed E-state index contributed by atoms with van der Waals surface area (Å²) >= 11 is 11.9. The molecule has 0 fully saturated rings. The third kappa shape index (κ3) is 4.33. The Labute approximate surface area is 157 Å². The van der Waals surface area contributed by atoms with Crippen molar-refractivity contribution in [2.45, 2.75) is 18.7 Å². The molecule has 0 amide bonds. The number of ether oxygens (including phenoxy) is 1. The summed E-state index contributed by atoms with van der Waals surface area (Å²) in [5.41, 5.74) is 0.203. The highest BCUT2D eigenvalue weighted by molar-refractivity contribution is 7.89. The summed E-state index contributed by atoms with van der Waals surface area (Å²) in [5.74, 6) is -0.519. The monoisotopic (exact) mass is 401 g/mol. The molecule has 0 aliphatic carbocycles. The molecular weight excluding hydrogens is 385 g/mol. The van der Waals surface area contributed by atoms with Gasteiger partial charge in [0.15, 0.2) is 5.75 Å². The molecule has 2 aromatic carbocycles. The molecule has 0 saturated carbocycles. The lowest BCUT2D eigenvalue weighted by Crippen LogP contribution is -2.30. The van der Waals surface area contributed by atoms with Crippen LogP contribution in [0.5, 0.6) is 5.75 Å². The first kappa shape index (κ1) is 19.7. The van der Waals surface area contributed by atoms with Crippen LogP contribution in [0.3, 0.4) is 0 Å². The summed E-state index contributed by atoms with van der Waals surface area (Å²) in [5, 5.41) is 0.408. The highest BCUT2D eigenvalue weighted by Gasteiger charge is 2.22. The normalized spacial score (nSPS) is 11.6. The largest absolute Gasteiger partial charge is 0.421 e. The van der Waals surface area contributed by atoms with Crippen molar-refractivity contribution in [3.63, 3.8) is 0 Å². The van der Waals surface area contributed by atoms with Gasteiger partial charge in [-0.25, -0.2) is 13.2 Å². The van der Waals surface area contributed by atoms with E-state index in [9.17, 15) is 13.2 Å². The molecule has 0 spiro atoms. The minimum atomic E-state index is -3.57. The first-order valence-corrected chi connectivity index (χ1v) is 9.77. The quantitative estimate of drug-likeness (QED) is 0.536. The van der Waals surface area contributed by atoms with Gasteiger partial charge in [0, 0.05) is 13.1 Å². The van der Waals surface area contributed by atoms with Crippen LogP contribution in [-0.4, -0.2) is 31.8 Å². The van der Waals surface area contributed by atoms with Crippen molar-refractivity contribution in [1.29, 1.82) is 0 Å². The van der Waals surface area contributed by atoms with Crippen molar-refractivity contribution in [3.05, 3.63) is 58.1 Å². The van der Waals surface area contributed by atoms with Crippen LogP contribution in [0.2, 0.25) is 10.0 Å². The third-order valence-corrected chi connectivity index (χ3v) is 6.42. The summed E-state index contributed by atoms with van der Waals surface area (Å²) in [7, 11) is -3.57. The Bertz CT molecular complexity index is 863. The summed E-state index contributed by atoms with van der Waals surface area (Å²) in [4.78, 5) is 12.3. The summed E-state index contributed by atoms with van der Waals surface area (Å²) in [6.07, 6.45) is 0. The summed E-state index contributed by atoms with van der Waals surface area (Å²) < 4.78 is 31.4. The van der Waals surface area contributed by atoms with Crippen LogP contribution in [0.15, 0.2) is 47.4 Å². The number of hydrogen-bond donors (Lipinski definition) is 0. The van der Waals surface area contributed by atoms with E-state index in [0.717, 1.165) is 0 Å². The average molecular weight is 402 g/mol. The van der Waals surface area contributed by atoms with Crippen molar-refractivity contribution in [3.8, 4) is 5.75 Å². The fourth-order valence-corrected chi connectivity index (χ4v) is 3.99. The Morgan fingerprint density at radius 1 is 1.04 bits per heavy atom. The molecule has 2 aromatic rings.